The predicted octanol–water partition coefficient (Wildman–Crippen LogP) is 2.34. The number of benzene rings is 3. The number of carboxylic acids is 3. The number of para-hydroxylation sites is 3. The number of hydrogen-bond donors (Lipinski definition) is 0. The molecule has 0 aliphatic carbocycles. The van der Waals surface area contributed by atoms with E-state index in [4.69, 9.17) is 0 Å². The van der Waals surface area contributed by atoms with Gasteiger partial charge in [0.2, 0.25) is 0 Å². The molecule has 6 rings (SSSR count). The summed E-state index contributed by atoms with van der Waals surface area (Å²) < 4.78 is 0. The number of nitrogens with zero attached hydrogens (tertiary/aromatic N) is 3. The zero-order chi connectivity index (χ0) is 30.4. The summed E-state index contributed by atoms with van der Waals surface area (Å²) in [5, 5.41) is 34.9. The van der Waals surface area contributed by atoms with Crippen LogP contribution in [0.4, 0.5) is 0 Å². The van der Waals surface area contributed by atoms with Crippen molar-refractivity contribution < 1.29 is 29.7 Å². The van der Waals surface area contributed by atoms with Gasteiger partial charge in [-0.25, -0.2) is 0 Å². The van der Waals surface area contributed by atoms with Crippen molar-refractivity contribution in [2.75, 3.05) is 0 Å². The Labute approximate surface area is 257 Å². The molecule has 3 heterocycles. The molecule has 43 heavy (non-hydrogen) atoms. The fraction of sp³-hybridized carbons (Fsp3) is 0.0909. The molecule has 0 aliphatic heterocycles. The molecule has 0 saturated carbocycles. The second-order valence-electron chi connectivity index (χ2n) is 9.35. The van der Waals surface area contributed by atoms with Crippen molar-refractivity contribution in [1.82, 2.24) is 15.0 Å². The van der Waals surface area contributed by atoms with Crippen molar-refractivity contribution in [2.45, 2.75) is 20.8 Å². The van der Waals surface area contributed by atoms with Gasteiger partial charge in [0.25, 0.3) is 0 Å². The van der Waals surface area contributed by atoms with E-state index >= 15 is 0 Å². The Morgan fingerprint density at radius 2 is 0.721 bits per heavy atom. The molecule has 0 radical (unpaired) electrons. The van der Waals surface area contributed by atoms with Gasteiger partial charge in [0, 0.05) is 51.4 Å². The van der Waals surface area contributed by atoms with Crippen molar-refractivity contribution >= 4 is 68.0 Å². The zero-order valence-corrected chi connectivity index (χ0v) is 24.7. The molecule has 210 valence electrons. The molecule has 0 spiro atoms. The molecule has 0 saturated heterocycles. The molecule has 3 aromatic heterocycles. The summed E-state index contributed by atoms with van der Waals surface area (Å²) in [6.45, 7) is 5.76. The first-order valence-corrected chi connectivity index (χ1v) is 12.8. The number of pyridine rings is 3. The van der Waals surface area contributed by atoms with E-state index in [1.54, 1.807) is 36.8 Å². The Morgan fingerprint density at radius 1 is 0.465 bits per heavy atom. The Morgan fingerprint density at radius 3 is 0.953 bits per heavy atom. The number of carbonyl (C=O) groups is 3. The fourth-order valence-corrected chi connectivity index (χ4v) is 4.44. The minimum atomic E-state index is -1.19. The van der Waals surface area contributed by atoms with Gasteiger partial charge in [-0.15, -0.1) is 0 Å². The van der Waals surface area contributed by atoms with E-state index in [0.717, 1.165) is 32.8 Å². The third-order valence-electron chi connectivity index (χ3n) is 6.63. The van der Waals surface area contributed by atoms with Crippen LogP contribution in [-0.4, -0.2) is 50.2 Å². The van der Waals surface area contributed by atoms with Crippen LogP contribution in [0.15, 0.2) is 91.4 Å². The predicted molar refractivity (Wildman–Crippen MR) is 158 cm³/mol. The average molecular weight is 586 g/mol. The SMILES string of the molecule is Cc1ccnc2c(C(=O)[O-])cccc12.Cc1ccnc2c(C(=O)[O-])cccc12.Cc1ccnc2c(C(=O)[O-])cccc12.[Al+3]. The van der Waals surface area contributed by atoms with Crippen LogP contribution in [0, 0.1) is 20.8 Å². The van der Waals surface area contributed by atoms with Gasteiger partial charge in [-0.3, -0.25) is 15.0 Å². The Kier molecular flexibility index (Phi) is 10.6. The van der Waals surface area contributed by atoms with Crippen LogP contribution in [0.5, 0.6) is 0 Å². The van der Waals surface area contributed by atoms with Crippen molar-refractivity contribution in [1.29, 1.82) is 0 Å². The number of aromatic nitrogens is 3. The number of rotatable bonds is 3. The van der Waals surface area contributed by atoms with Crippen LogP contribution >= 0.6 is 0 Å². The van der Waals surface area contributed by atoms with Crippen LogP contribution in [0.25, 0.3) is 32.7 Å². The van der Waals surface area contributed by atoms with E-state index in [1.165, 1.54) is 18.2 Å². The third kappa shape index (κ3) is 7.19. The van der Waals surface area contributed by atoms with Gasteiger partial charge in [0.05, 0.1) is 34.5 Å². The summed E-state index contributed by atoms with van der Waals surface area (Å²) in [4.78, 5) is 44.5. The summed E-state index contributed by atoms with van der Waals surface area (Å²) in [5.41, 5.74) is 4.95. The van der Waals surface area contributed by atoms with Crippen LogP contribution in [-0.2, 0) is 0 Å². The number of aryl methyl sites for hydroxylation is 3. The number of carboxylic acid groups (broad SMARTS) is 3. The number of fused-ring (bicyclic) bond motifs is 3. The Hall–Kier alpha value is -5.17. The number of aromatic carboxylic acids is 3. The molecule has 3 aromatic carbocycles. The Bertz CT molecular complexity index is 1750. The molecule has 0 atom stereocenters. The number of carbonyl (C=O) groups excluding carboxylic acids is 3. The molecule has 0 amide bonds. The Balaban J connectivity index is 0.000000175. The fourth-order valence-electron chi connectivity index (χ4n) is 4.44. The van der Waals surface area contributed by atoms with Crippen LogP contribution in [0.3, 0.4) is 0 Å². The van der Waals surface area contributed by atoms with E-state index < -0.39 is 17.9 Å². The summed E-state index contributed by atoms with van der Waals surface area (Å²) in [6, 6.07) is 20.7. The molecule has 0 aliphatic rings. The van der Waals surface area contributed by atoms with Gasteiger partial charge in [0.1, 0.15) is 0 Å². The van der Waals surface area contributed by atoms with Gasteiger partial charge in [-0.2, -0.15) is 0 Å². The first-order chi connectivity index (χ1) is 20.1. The first-order valence-electron chi connectivity index (χ1n) is 12.8. The van der Waals surface area contributed by atoms with Crippen molar-refractivity contribution in [3.05, 3.63) is 125 Å². The van der Waals surface area contributed by atoms with Gasteiger partial charge >= 0.3 is 17.4 Å². The molecule has 9 nitrogen and oxygen atoms in total. The molecule has 0 unspecified atom stereocenters. The monoisotopic (exact) mass is 585 g/mol. The summed E-state index contributed by atoms with van der Waals surface area (Å²) >= 11 is 0. The van der Waals surface area contributed by atoms with Gasteiger partial charge < -0.3 is 29.7 Å². The number of hydrogen-bond acceptors (Lipinski definition) is 9. The standard InChI is InChI=1S/3C11H9NO2.Al/c3*1-7-5-6-12-10-8(7)3-2-4-9(10)11(13)14;/h3*2-6H,1H3,(H,13,14);/q;;;+3/p-3. The first kappa shape index (κ1) is 32.3. The van der Waals surface area contributed by atoms with Crippen LogP contribution in [0.2, 0.25) is 0 Å². The van der Waals surface area contributed by atoms with E-state index in [0.29, 0.717) is 16.6 Å². The van der Waals surface area contributed by atoms with Crippen molar-refractivity contribution in [2.24, 2.45) is 0 Å². The van der Waals surface area contributed by atoms with E-state index in [2.05, 4.69) is 15.0 Å². The summed E-state index contributed by atoms with van der Waals surface area (Å²) in [6.07, 6.45) is 4.80. The topological polar surface area (TPSA) is 159 Å². The molecular weight excluding hydrogens is 561 g/mol. The zero-order valence-electron chi connectivity index (χ0n) is 23.5. The maximum Gasteiger partial charge on any atom is 3.00 e. The molecule has 0 N–H and O–H groups in total. The maximum absolute atomic E-state index is 10.8. The third-order valence-corrected chi connectivity index (χ3v) is 6.63. The molecule has 10 heteroatoms. The molecular formula is C33H24AlN3O6. The van der Waals surface area contributed by atoms with Gasteiger partial charge in [0.15, 0.2) is 0 Å². The van der Waals surface area contributed by atoms with Crippen molar-refractivity contribution in [3.63, 3.8) is 0 Å². The minimum absolute atomic E-state index is 0. The summed E-state index contributed by atoms with van der Waals surface area (Å²) in [7, 11) is 0. The largest absolute Gasteiger partial charge is 3.00 e. The second-order valence-corrected chi connectivity index (χ2v) is 9.35. The quantitative estimate of drug-likeness (QED) is 0.284. The van der Waals surface area contributed by atoms with Crippen molar-refractivity contribution in [3.8, 4) is 0 Å². The van der Waals surface area contributed by atoms with E-state index in [1.807, 2.05) is 57.2 Å². The van der Waals surface area contributed by atoms with Crippen LogP contribution in [0.1, 0.15) is 47.8 Å². The van der Waals surface area contributed by atoms with Gasteiger partial charge in [-0.1, -0.05) is 54.6 Å². The average Bonchev–Trinajstić information content (AvgIpc) is 2.97. The summed E-state index contributed by atoms with van der Waals surface area (Å²) in [5.74, 6) is -3.56. The second kappa shape index (κ2) is 14.1. The van der Waals surface area contributed by atoms with E-state index in [9.17, 15) is 29.7 Å². The van der Waals surface area contributed by atoms with Crippen LogP contribution < -0.4 is 15.3 Å². The van der Waals surface area contributed by atoms with E-state index in [-0.39, 0.29) is 34.1 Å². The normalized spacial score (nSPS) is 10.1. The maximum atomic E-state index is 10.8. The molecule has 0 bridgehead atoms. The van der Waals surface area contributed by atoms with Gasteiger partial charge in [-0.05, 0) is 55.7 Å². The smallest absolute Gasteiger partial charge is 0.545 e. The minimum Gasteiger partial charge on any atom is -0.545 e. The molecule has 0 fully saturated rings. The molecule has 6 aromatic rings.